The van der Waals surface area contributed by atoms with E-state index in [4.69, 9.17) is 30.5 Å². The van der Waals surface area contributed by atoms with Gasteiger partial charge in [-0.25, -0.2) is 14.6 Å². The molecule has 10 nitrogen and oxygen atoms in total. The minimum Gasteiger partial charge on any atom is -0.493 e. The van der Waals surface area contributed by atoms with Crippen molar-refractivity contribution in [2.24, 2.45) is 0 Å². The summed E-state index contributed by atoms with van der Waals surface area (Å²) in [6, 6.07) is 18.0. The molecule has 3 N–H and O–H groups in total. The van der Waals surface area contributed by atoms with Crippen molar-refractivity contribution in [1.29, 1.82) is 0 Å². The molecule has 0 radical (unpaired) electrons. The summed E-state index contributed by atoms with van der Waals surface area (Å²) >= 11 is 7.81. The van der Waals surface area contributed by atoms with Crippen molar-refractivity contribution < 1.29 is 38.6 Å². The summed E-state index contributed by atoms with van der Waals surface area (Å²) in [4.78, 5) is 33.8. The number of ether oxygens (including phenoxy) is 4. The van der Waals surface area contributed by atoms with Crippen LogP contribution in [0.25, 0.3) is 0 Å². The number of piperidine rings is 1. The molecule has 260 valence electrons. The van der Waals surface area contributed by atoms with Gasteiger partial charge in [-0.05, 0) is 67.8 Å². The highest BCUT2D eigenvalue weighted by atomic mass is 35.5. The van der Waals surface area contributed by atoms with Crippen LogP contribution in [0.4, 0.5) is 0 Å². The molecule has 12 heteroatoms. The first-order chi connectivity index (χ1) is 23.7. The molecule has 2 aromatic carbocycles. The Bertz CT molecular complexity index is 1710. The number of esters is 2. The quantitative estimate of drug-likeness (QED) is 0.168. The summed E-state index contributed by atoms with van der Waals surface area (Å²) in [5.41, 5.74) is 1.59. The van der Waals surface area contributed by atoms with E-state index in [2.05, 4.69) is 15.2 Å². The van der Waals surface area contributed by atoms with Gasteiger partial charge in [0.2, 0.25) is 0 Å². The van der Waals surface area contributed by atoms with E-state index in [1.54, 1.807) is 50.7 Å². The van der Waals surface area contributed by atoms with Crippen molar-refractivity contribution >= 4 is 34.9 Å². The highest BCUT2D eigenvalue weighted by Gasteiger charge is 2.42. The first kappa shape index (κ1) is 36.3. The van der Waals surface area contributed by atoms with Crippen LogP contribution in [0.3, 0.4) is 0 Å². The second-order valence-corrected chi connectivity index (χ2v) is 13.7. The van der Waals surface area contributed by atoms with E-state index in [1.165, 1.54) is 11.3 Å². The van der Waals surface area contributed by atoms with Crippen molar-refractivity contribution in [3.63, 3.8) is 0 Å². The molecule has 5 rings (SSSR count). The van der Waals surface area contributed by atoms with E-state index in [9.17, 15) is 14.7 Å². The number of nitrogens with zero attached hydrogens (tertiary/aromatic N) is 1. The third kappa shape index (κ3) is 8.60. The fourth-order valence-electron chi connectivity index (χ4n) is 5.92. The van der Waals surface area contributed by atoms with Gasteiger partial charge in [0, 0.05) is 36.5 Å². The van der Waals surface area contributed by atoms with Gasteiger partial charge in [0.15, 0.2) is 29.4 Å². The fourth-order valence-corrected chi connectivity index (χ4v) is 7.04. The van der Waals surface area contributed by atoms with Crippen molar-refractivity contribution in [3.8, 4) is 11.5 Å². The minimum absolute atomic E-state index is 0.199. The Labute approximate surface area is 295 Å². The van der Waals surface area contributed by atoms with Gasteiger partial charge in [0.25, 0.3) is 0 Å². The number of aryl methyl sites for hydroxylation is 1. The van der Waals surface area contributed by atoms with E-state index in [0.717, 1.165) is 41.9 Å². The van der Waals surface area contributed by atoms with Crippen LogP contribution in [0.1, 0.15) is 55.7 Å². The number of hydrogen-bond donors (Lipinski definition) is 2. The summed E-state index contributed by atoms with van der Waals surface area (Å²) in [5, 5.41) is 14.5. The van der Waals surface area contributed by atoms with Gasteiger partial charge in [0.05, 0.1) is 20.8 Å². The molecule has 0 amide bonds. The lowest BCUT2D eigenvalue weighted by molar-refractivity contribution is -0.378. The number of halogens is 1. The van der Waals surface area contributed by atoms with Crippen LogP contribution in [-0.2, 0) is 32.8 Å². The highest BCUT2D eigenvalue weighted by Crippen LogP contribution is 2.35. The molecule has 4 aromatic rings. The van der Waals surface area contributed by atoms with Crippen LogP contribution >= 0.6 is 22.9 Å². The van der Waals surface area contributed by atoms with Crippen LogP contribution < -0.4 is 19.8 Å². The normalized spacial score (nSPS) is 15.6. The predicted molar refractivity (Wildman–Crippen MR) is 187 cm³/mol. The number of aliphatic hydroxyl groups excluding tert-OH is 1. The van der Waals surface area contributed by atoms with Gasteiger partial charge in [-0.15, -0.1) is 11.3 Å². The molecule has 1 aliphatic heterocycles. The molecule has 0 aliphatic carbocycles. The predicted octanol–water partition coefficient (Wildman–Crippen LogP) is 5.30. The van der Waals surface area contributed by atoms with E-state index >= 15 is 0 Å². The summed E-state index contributed by atoms with van der Waals surface area (Å²) in [7, 11) is 5.15. The standard InChI is InChI=1S/C37H42ClN3O7S/c1-24-20-39-22-30(38)29(24)19-32(25-10-12-31(45-3)33(18-25)46-4)48-35(43)34-13-11-28(49-34)21-40-37(23-42,26-8-6-5-7-9-26)36(44)47-27-14-16-41(2)17-15-27/h5-13,18,20,22,27,32,40,42H,14-17,19,21,23H2,1-4H3/p+1/t32-,37?/m0/s1. The molecule has 1 aliphatic rings. The molecule has 0 bridgehead atoms. The van der Waals surface area contributed by atoms with Crippen molar-refractivity contribution in [3.05, 3.63) is 110 Å². The van der Waals surface area contributed by atoms with E-state index in [1.807, 2.05) is 50.5 Å². The monoisotopic (exact) mass is 708 g/mol. The van der Waals surface area contributed by atoms with E-state index < -0.39 is 30.2 Å². The topological polar surface area (TPSA) is 121 Å². The third-order valence-corrected chi connectivity index (χ3v) is 10.3. The van der Waals surface area contributed by atoms with Crippen LogP contribution in [0.2, 0.25) is 5.02 Å². The van der Waals surface area contributed by atoms with E-state index in [-0.39, 0.29) is 12.6 Å². The number of likely N-dealkylation sites (tertiary alicyclic amines) is 1. The smallest absolute Gasteiger partial charge is 0.348 e. The van der Waals surface area contributed by atoms with Crippen LogP contribution in [0.5, 0.6) is 11.5 Å². The minimum atomic E-state index is -1.49. The number of carbonyl (C=O) groups excluding carboxylic acids is 2. The Morgan fingerprint density at radius 3 is 2.47 bits per heavy atom. The molecular formula is C37H43ClN3O7S+. The SMILES string of the molecule is COc1ccc([C@H](Cc2c(C)c[nH+]cc2Cl)OC(=O)c2ccc(CNC(CO)(C(=O)OC3CCN(C)CC3)c3ccccc3)s2)cc1OC. The zero-order valence-corrected chi connectivity index (χ0v) is 29.7. The first-order valence-electron chi connectivity index (χ1n) is 16.1. The number of aromatic amines is 1. The van der Waals surface area contributed by atoms with Gasteiger partial charge in [-0.1, -0.05) is 48.0 Å². The number of methoxy groups -OCH3 is 2. The molecule has 2 atom stereocenters. The molecule has 1 unspecified atom stereocenters. The summed E-state index contributed by atoms with van der Waals surface area (Å²) in [6.07, 6.45) is 4.41. The van der Waals surface area contributed by atoms with Crippen LogP contribution in [0.15, 0.2) is 73.1 Å². The summed E-state index contributed by atoms with van der Waals surface area (Å²) in [6.45, 7) is 3.30. The zero-order valence-electron chi connectivity index (χ0n) is 28.2. The molecule has 2 aromatic heterocycles. The third-order valence-electron chi connectivity index (χ3n) is 8.91. The lowest BCUT2D eigenvalue weighted by atomic mass is 9.90. The number of carbonyl (C=O) groups is 2. The van der Waals surface area contributed by atoms with Gasteiger partial charge >= 0.3 is 11.9 Å². The number of rotatable bonds is 14. The summed E-state index contributed by atoms with van der Waals surface area (Å²) in [5.74, 6) is 0.0254. The number of thiophene rings is 1. The van der Waals surface area contributed by atoms with Gasteiger partial charge in [0.1, 0.15) is 22.1 Å². The number of aromatic nitrogens is 1. The van der Waals surface area contributed by atoms with Crippen molar-refractivity contribution in [2.45, 2.75) is 50.5 Å². The number of H-pyrrole nitrogens is 1. The van der Waals surface area contributed by atoms with Crippen LogP contribution in [-0.4, -0.2) is 69.0 Å². The second-order valence-electron chi connectivity index (χ2n) is 12.1. The van der Waals surface area contributed by atoms with Gasteiger partial charge < -0.3 is 29.0 Å². The number of pyridine rings is 1. The maximum atomic E-state index is 13.8. The van der Waals surface area contributed by atoms with Gasteiger partial charge in [-0.3, -0.25) is 5.32 Å². The number of hydrogen-bond acceptors (Lipinski definition) is 10. The first-order valence-corrected chi connectivity index (χ1v) is 17.3. The average Bonchev–Trinajstić information content (AvgIpc) is 3.60. The van der Waals surface area contributed by atoms with E-state index in [0.29, 0.717) is 38.9 Å². The Morgan fingerprint density at radius 2 is 1.80 bits per heavy atom. The summed E-state index contributed by atoms with van der Waals surface area (Å²) < 4.78 is 23.1. The number of nitrogens with one attached hydrogen (secondary N) is 2. The van der Waals surface area contributed by atoms with Gasteiger partial charge in [-0.2, -0.15) is 0 Å². The molecular weight excluding hydrogens is 666 g/mol. The molecule has 1 fully saturated rings. The second kappa shape index (κ2) is 16.6. The molecule has 0 spiro atoms. The number of aliphatic hydroxyl groups is 1. The number of benzene rings is 2. The Balaban J connectivity index is 1.35. The zero-order chi connectivity index (χ0) is 35.0. The molecule has 49 heavy (non-hydrogen) atoms. The average molecular weight is 709 g/mol. The largest absolute Gasteiger partial charge is 0.493 e. The van der Waals surface area contributed by atoms with Crippen molar-refractivity contribution in [1.82, 2.24) is 10.2 Å². The molecule has 0 saturated carbocycles. The lowest BCUT2D eigenvalue weighted by Crippen LogP contribution is -2.54. The lowest BCUT2D eigenvalue weighted by Gasteiger charge is -2.35. The Morgan fingerprint density at radius 1 is 1.06 bits per heavy atom. The Kier molecular flexibility index (Phi) is 12.3. The van der Waals surface area contributed by atoms with Crippen LogP contribution in [0, 0.1) is 6.92 Å². The maximum absolute atomic E-state index is 13.8. The fraction of sp³-hybridized carbons (Fsp3) is 0.378. The molecule has 3 heterocycles. The maximum Gasteiger partial charge on any atom is 0.348 e. The molecule has 1 saturated heterocycles. The Hall–Kier alpha value is -4.00. The highest BCUT2D eigenvalue weighted by molar-refractivity contribution is 7.13. The van der Waals surface area contributed by atoms with Crippen molar-refractivity contribution in [2.75, 3.05) is 41.0 Å².